The molecule has 1 aromatic rings. The zero-order valence-electron chi connectivity index (χ0n) is 10.9. The third-order valence-electron chi connectivity index (χ3n) is 2.54. The van der Waals surface area contributed by atoms with Gasteiger partial charge in [-0.25, -0.2) is 4.98 Å². The Kier molecular flexibility index (Phi) is 4.66. The number of amides is 1. The topological polar surface area (TPSA) is 97.2 Å². The molecule has 1 rings (SSSR count). The number of nitrogens with zero attached hydrogens (tertiary/aromatic N) is 2. The van der Waals surface area contributed by atoms with Gasteiger partial charge in [-0.05, 0) is 13.8 Å². The fourth-order valence-corrected chi connectivity index (χ4v) is 1.61. The zero-order chi connectivity index (χ0) is 14.6. The maximum atomic E-state index is 11.6. The molecule has 1 aromatic heterocycles. The van der Waals surface area contributed by atoms with Gasteiger partial charge in [0.1, 0.15) is 11.0 Å². The minimum Gasteiger partial charge on any atom is -0.369 e. The highest BCUT2D eigenvalue weighted by Crippen LogP contribution is 2.22. The Bertz CT molecular complexity index is 505. The second-order valence-electron chi connectivity index (χ2n) is 4.61. The van der Waals surface area contributed by atoms with E-state index < -0.39 is 10.3 Å². The maximum absolute atomic E-state index is 11.6. The summed E-state index contributed by atoms with van der Waals surface area (Å²) in [5.41, 5.74) is -0.826. The van der Waals surface area contributed by atoms with Crippen LogP contribution in [0.25, 0.3) is 0 Å². The van der Waals surface area contributed by atoms with E-state index in [0.29, 0.717) is 0 Å². The van der Waals surface area contributed by atoms with Gasteiger partial charge < -0.3 is 10.6 Å². The predicted octanol–water partition coefficient (Wildman–Crippen LogP) is 1.83. The lowest BCUT2D eigenvalue weighted by atomic mass is 9.92. The SMILES string of the molecule is CNC(=O)C(C)(C)CNc1cc([N+](=O)[O-])cc(Cl)n1. The van der Waals surface area contributed by atoms with Crippen LogP contribution in [0.1, 0.15) is 13.8 Å². The molecule has 0 saturated carbocycles. The molecule has 0 unspecified atom stereocenters. The first-order chi connectivity index (χ1) is 8.76. The number of anilines is 1. The van der Waals surface area contributed by atoms with Crippen LogP contribution in [0.15, 0.2) is 12.1 Å². The number of nitro groups is 1. The molecule has 19 heavy (non-hydrogen) atoms. The van der Waals surface area contributed by atoms with Crippen molar-refractivity contribution in [1.29, 1.82) is 0 Å². The highest BCUT2D eigenvalue weighted by Gasteiger charge is 2.26. The van der Waals surface area contributed by atoms with Gasteiger partial charge in [-0.1, -0.05) is 11.6 Å². The fraction of sp³-hybridized carbons (Fsp3) is 0.455. The first kappa shape index (κ1) is 15.2. The molecular formula is C11H15ClN4O3. The fourth-order valence-electron chi connectivity index (χ4n) is 1.41. The van der Waals surface area contributed by atoms with Crippen LogP contribution >= 0.6 is 11.6 Å². The molecule has 0 bridgehead atoms. The van der Waals surface area contributed by atoms with Crippen LogP contribution in [0.4, 0.5) is 11.5 Å². The average molecular weight is 287 g/mol. The molecule has 0 saturated heterocycles. The van der Waals surface area contributed by atoms with Crippen molar-refractivity contribution in [2.45, 2.75) is 13.8 Å². The Hall–Kier alpha value is -1.89. The average Bonchev–Trinajstić information content (AvgIpc) is 2.34. The van der Waals surface area contributed by atoms with E-state index in [1.165, 1.54) is 6.07 Å². The Balaban J connectivity index is 2.83. The minimum absolute atomic E-state index is 0.0226. The van der Waals surface area contributed by atoms with Gasteiger partial charge in [0, 0.05) is 13.6 Å². The van der Waals surface area contributed by atoms with E-state index >= 15 is 0 Å². The van der Waals surface area contributed by atoms with Crippen LogP contribution in [0.3, 0.4) is 0 Å². The van der Waals surface area contributed by atoms with Crippen molar-refractivity contribution in [1.82, 2.24) is 10.3 Å². The Morgan fingerprint density at radius 3 is 2.68 bits per heavy atom. The van der Waals surface area contributed by atoms with E-state index in [4.69, 9.17) is 11.6 Å². The highest BCUT2D eigenvalue weighted by molar-refractivity contribution is 6.29. The number of rotatable bonds is 5. The summed E-state index contributed by atoms with van der Waals surface area (Å²) in [7, 11) is 1.55. The summed E-state index contributed by atoms with van der Waals surface area (Å²) in [6.45, 7) is 3.77. The first-order valence-corrected chi connectivity index (χ1v) is 5.92. The molecule has 1 heterocycles. The van der Waals surface area contributed by atoms with E-state index in [0.717, 1.165) is 6.07 Å². The molecule has 0 radical (unpaired) electrons. The molecule has 7 nitrogen and oxygen atoms in total. The summed E-state index contributed by atoms with van der Waals surface area (Å²) in [6, 6.07) is 2.43. The lowest BCUT2D eigenvalue weighted by Gasteiger charge is -2.23. The van der Waals surface area contributed by atoms with Crippen molar-refractivity contribution in [3.8, 4) is 0 Å². The molecule has 104 valence electrons. The Morgan fingerprint density at radius 1 is 1.53 bits per heavy atom. The largest absolute Gasteiger partial charge is 0.369 e. The maximum Gasteiger partial charge on any atom is 0.276 e. The number of halogens is 1. The third kappa shape index (κ3) is 4.06. The number of carbonyl (C=O) groups excluding carboxylic acids is 1. The summed E-state index contributed by atoms with van der Waals surface area (Å²) in [5.74, 6) is 0.118. The molecule has 8 heteroatoms. The van der Waals surface area contributed by atoms with Crippen molar-refractivity contribution in [3.05, 3.63) is 27.4 Å². The molecule has 0 aromatic carbocycles. The van der Waals surface area contributed by atoms with Crippen LogP contribution in [0.5, 0.6) is 0 Å². The lowest BCUT2D eigenvalue weighted by molar-refractivity contribution is -0.384. The van der Waals surface area contributed by atoms with E-state index in [-0.39, 0.29) is 29.1 Å². The van der Waals surface area contributed by atoms with Gasteiger partial charge in [-0.15, -0.1) is 0 Å². The Morgan fingerprint density at radius 2 is 2.16 bits per heavy atom. The Labute approximate surface area is 115 Å². The smallest absolute Gasteiger partial charge is 0.276 e. The molecule has 0 fully saturated rings. The van der Waals surface area contributed by atoms with Crippen molar-refractivity contribution >= 4 is 29.0 Å². The van der Waals surface area contributed by atoms with E-state index in [1.807, 2.05) is 0 Å². The van der Waals surface area contributed by atoms with Crippen LogP contribution in [-0.4, -0.2) is 29.4 Å². The van der Waals surface area contributed by atoms with Crippen LogP contribution in [0, 0.1) is 15.5 Å². The van der Waals surface area contributed by atoms with Crippen LogP contribution < -0.4 is 10.6 Å². The van der Waals surface area contributed by atoms with Gasteiger partial charge in [0.2, 0.25) is 5.91 Å². The normalized spacial score (nSPS) is 10.9. The predicted molar refractivity (Wildman–Crippen MR) is 72.2 cm³/mol. The molecule has 0 aliphatic heterocycles. The van der Waals surface area contributed by atoms with Crippen LogP contribution in [0.2, 0.25) is 5.15 Å². The van der Waals surface area contributed by atoms with Crippen molar-refractivity contribution in [3.63, 3.8) is 0 Å². The number of hydrogen-bond acceptors (Lipinski definition) is 5. The van der Waals surface area contributed by atoms with E-state index in [9.17, 15) is 14.9 Å². The molecule has 0 spiro atoms. The highest BCUT2D eigenvalue weighted by atomic mass is 35.5. The van der Waals surface area contributed by atoms with Gasteiger partial charge in [0.25, 0.3) is 5.69 Å². The number of carbonyl (C=O) groups is 1. The van der Waals surface area contributed by atoms with Gasteiger partial charge >= 0.3 is 0 Å². The number of aromatic nitrogens is 1. The van der Waals surface area contributed by atoms with E-state index in [2.05, 4.69) is 15.6 Å². The van der Waals surface area contributed by atoms with Gasteiger partial charge in [-0.2, -0.15) is 0 Å². The number of pyridine rings is 1. The van der Waals surface area contributed by atoms with Gasteiger partial charge in [0.15, 0.2) is 0 Å². The zero-order valence-corrected chi connectivity index (χ0v) is 11.6. The molecule has 2 N–H and O–H groups in total. The lowest BCUT2D eigenvalue weighted by Crippen LogP contribution is -2.39. The van der Waals surface area contributed by atoms with Crippen molar-refractivity contribution < 1.29 is 9.72 Å². The van der Waals surface area contributed by atoms with Crippen molar-refractivity contribution in [2.75, 3.05) is 18.9 Å². The quantitative estimate of drug-likeness (QED) is 0.489. The number of nitrogens with one attached hydrogen (secondary N) is 2. The second-order valence-corrected chi connectivity index (χ2v) is 4.99. The minimum atomic E-state index is -0.673. The standard InChI is InChI=1S/C11H15ClN4O3/c1-11(2,10(17)13-3)6-14-9-5-7(16(18)19)4-8(12)15-9/h4-5H,6H2,1-3H3,(H,13,17)(H,14,15). The summed E-state index contributed by atoms with van der Waals surface area (Å²) in [5, 5.41) is 16.1. The van der Waals surface area contributed by atoms with Crippen LogP contribution in [-0.2, 0) is 4.79 Å². The molecule has 0 aliphatic rings. The summed E-state index contributed by atoms with van der Waals surface area (Å²) < 4.78 is 0. The molecule has 0 atom stereocenters. The second kappa shape index (κ2) is 5.83. The first-order valence-electron chi connectivity index (χ1n) is 5.54. The van der Waals surface area contributed by atoms with Gasteiger partial charge in [0.05, 0.1) is 22.5 Å². The number of hydrogen-bond donors (Lipinski definition) is 2. The third-order valence-corrected chi connectivity index (χ3v) is 2.74. The monoisotopic (exact) mass is 286 g/mol. The summed E-state index contributed by atoms with van der Waals surface area (Å²) >= 11 is 5.70. The van der Waals surface area contributed by atoms with Gasteiger partial charge in [-0.3, -0.25) is 14.9 Å². The molecule has 0 aliphatic carbocycles. The molecular weight excluding hydrogens is 272 g/mol. The van der Waals surface area contributed by atoms with Crippen molar-refractivity contribution in [2.24, 2.45) is 5.41 Å². The summed E-state index contributed by atoms with van der Waals surface area (Å²) in [4.78, 5) is 25.6. The molecule has 1 amide bonds. The summed E-state index contributed by atoms with van der Waals surface area (Å²) in [6.07, 6.45) is 0. The van der Waals surface area contributed by atoms with E-state index in [1.54, 1.807) is 20.9 Å².